The standard InChI is InChI=1S/C11H9FN2O4/c1-6-13-14-10(18-6)5-17-9-3-2-7(11(15)16)4-8(9)12/h2-4H,5H2,1H3,(H,15,16). The van der Waals surface area contributed by atoms with Gasteiger partial charge in [0.25, 0.3) is 5.89 Å². The van der Waals surface area contributed by atoms with Crippen LogP contribution in [0.4, 0.5) is 4.39 Å². The molecule has 0 amide bonds. The second-order valence-electron chi connectivity index (χ2n) is 3.45. The van der Waals surface area contributed by atoms with Crippen molar-refractivity contribution < 1.29 is 23.4 Å². The smallest absolute Gasteiger partial charge is 0.335 e. The molecule has 2 aromatic rings. The number of aromatic carboxylic acids is 1. The van der Waals surface area contributed by atoms with E-state index in [-0.39, 0.29) is 23.8 Å². The predicted octanol–water partition coefficient (Wildman–Crippen LogP) is 1.79. The monoisotopic (exact) mass is 252 g/mol. The van der Waals surface area contributed by atoms with Crippen LogP contribution in [0.3, 0.4) is 0 Å². The Morgan fingerprint density at radius 3 is 2.83 bits per heavy atom. The zero-order valence-corrected chi connectivity index (χ0v) is 9.38. The molecule has 0 aliphatic carbocycles. The van der Waals surface area contributed by atoms with Crippen LogP contribution in [0, 0.1) is 12.7 Å². The number of ether oxygens (including phenoxy) is 1. The molecule has 2 rings (SSSR count). The Bertz CT molecular complexity index is 582. The van der Waals surface area contributed by atoms with Gasteiger partial charge in [0.2, 0.25) is 5.89 Å². The third-order valence-electron chi connectivity index (χ3n) is 2.10. The number of rotatable bonds is 4. The molecule has 1 aromatic carbocycles. The topological polar surface area (TPSA) is 85.5 Å². The number of aryl methyl sites for hydroxylation is 1. The van der Waals surface area contributed by atoms with Gasteiger partial charge in [-0.2, -0.15) is 0 Å². The van der Waals surface area contributed by atoms with E-state index in [9.17, 15) is 9.18 Å². The van der Waals surface area contributed by atoms with Gasteiger partial charge in [0, 0.05) is 6.92 Å². The molecule has 0 aliphatic heterocycles. The van der Waals surface area contributed by atoms with Gasteiger partial charge in [-0.3, -0.25) is 0 Å². The Balaban J connectivity index is 2.08. The minimum atomic E-state index is -1.20. The molecular weight excluding hydrogens is 243 g/mol. The SMILES string of the molecule is Cc1nnc(COc2ccc(C(=O)O)cc2F)o1. The summed E-state index contributed by atoms with van der Waals surface area (Å²) in [7, 11) is 0. The summed E-state index contributed by atoms with van der Waals surface area (Å²) in [6.07, 6.45) is 0. The van der Waals surface area contributed by atoms with Crippen molar-refractivity contribution in [2.24, 2.45) is 0 Å². The predicted molar refractivity (Wildman–Crippen MR) is 56.7 cm³/mol. The summed E-state index contributed by atoms with van der Waals surface area (Å²) in [5, 5.41) is 15.9. The molecule has 18 heavy (non-hydrogen) atoms. The van der Waals surface area contributed by atoms with E-state index in [0.717, 1.165) is 6.07 Å². The minimum absolute atomic E-state index is 0.0733. The average molecular weight is 252 g/mol. The van der Waals surface area contributed by atoms with Gasteiger partial charge in [0.15, 0.2) is 18.2 Å². The molecule has 7 heteroatoms. The molecule has 1 aromatic heterocycles. The highest BCUT2D eigenvalue weighted by atomic mass is 19.1. The van der Waals surface area contributed by atoms with E-state index in [4.69, 9.17) is 14.3 Å². The maximum absolute atomic E-state index is 13.5. The third-order valence-corrected chi connectivity index (χ3v) is 2.10. The first kappa shape index (κ1) is 12.0. The molecule has 0 bridgehead atoms. The quantitative estimate of drug-likeness (QED) is 0.892. The normalized spacial score (nSPS) is 10.3. The van der Waals surface area contributed by atoms with E-state index in [1.54, 1.807) is 6.92 Å². The fourth-order valence-corrected chi connectivity index (χ4v) is 1.29. The lowest BCUT2D eigenvalue weighted by Crippen LogP contribution is -2.01. The number of aromatic nitrogens is 2. The van der Waals surface area contributed by atoms with Crippen LogP contribution in [0.25, 0.3) is 0 Å². The average Bonchev–Trinajstić information content (AvgIpc) is 2.73. The zero-order valence-electron chi connectivity index (χ0n) is 9.38. The van der Waals surface area contributed by atoms with Crippen LogP contribution in [0.1, 0.15) is 22.1 Å². The Hall–Kier alpha value is -2.44. The summed E-state index contributed by atoms with van der Waals surface area (Å²) in [5.74, 6) is -1.43. The highest BCUT2D eigenvalue weighted by Crippen LogP contribution is 2.19. The van der Waals surface area contributed by atoms with Gasteiger partial charge in [-0.25, -0.2) is 9.18 Å². The Morgan fingerprint density at radius 2 is 2.28 bits per heavy atom. The molecule has 0 unspecified atom stereocenters. The van der Waals surface area contributed by atoms with Crippen molar-refractivity contribution in [1.82, 2.24) is 10.2 Å². The molecule has 94 valence electrons. The molecule has 0 fully saturated rings. The first-order valence-corrected chi connectivity index (χ1v) is 5.01. The first-order chi connectivity index (χ1) is 8.56. The Labute approximate surface area is 101 Å². The second kappa shape index (κ2) is 4.82. The van der Waals surface area contributed by atoms with Crippen LogP contribution >= 0.6 is 0 Å². The van der Waals surface area contributed by atoms with Crippen molar-refractivity contribution >= 4 is 5.97 Å². The zero-order chi connectivity index (χ0) is 13.1. The summed E-state index contributed by atoms with van der Waals surface area (Å²) in [5.41, 5.74) is -0.145. The Kier molecular flexibility index (Phi) is 3.22. The van der Waals surface area contributed by atoms with Crippen molar-refractivity contribution in [2.45, 2.75) is 13.5 Å². The van der Waals surface area contributed by atoms with Crippen LogP contribution in [0.5, 0.6) is 5.75 Å². The van der Waals surface area contributed by atoms with Crippen molar-refractivity contribution in [3.05, 3.63) is 41.4 Å². The number of hydrogen-bond acceptors (Lipinski definition) is 5. The lowest BCUT2D eigenvalue weighted by atomic mass is 10.2. The van der Waals surface area contributed by atoms with Crippen molar-refractivity contribution in [1.29, 1.82) is 0 Å². The highest BCUT2D eigenvalue weighted by Gasteiger charge is 2.10. The highest BCUT2D eigenvalue weighted by molar-refractivity contribution is 5.87. The number of benzene rings is 1. The van der Waals surface area contributed by atoms with Crippen LogP contribution < -0.4 is 4.74 Å². The lowest BCUT2D eigenvalue weighted by Gasteiger charge is -2.05. The van der Waals surface area contributed by atoms with E-state index in [1.807, 2.05) is 0 Å². The molecule has 0 saturated heterocycles. The minimum Gasteiger partial charge on any atom is -0.481 e. The maximum atomic E-state index is 13.5. The van der Waals surface area contributed by atoms with Gasteiger partial charge in [-0.1, -0.05) is 0 Å². The van der Waals surface area contributed by atoms with Gasteiger partial charge in [0.1, 0.15) is 0 Å². The molecule has 1 N–H and O–H groups in total. The van der Waals surface area contributed by atoms with Gasteiger partial charge in [-0.15, -0.1) is 10.2 Å². The lowest BCUT2D eigenvalue weighted by molar-refractivity contribution is 0.0696. The summed E-state index contributed by atoms with van der Waals surface area (Å²) in [6.45, 7) is 1.54. The Morgan fingerprint density at radius 1 is 1.50 bits per heavy atom. The maximum Gasteiger partial charge on any atom is 0.335 e. The number of hydrogen-bond donors (Lipinski definition) is 1. The second-order valence-corrected chi connectivity index (χ2v) is 3.45. The fraction of sp³-hybridized carbons (Fsp3) is 0.182. The molecule has 0 atom stereocenters. The van der Waals surface area contributed by atoms with Crippen LogP contribution in [-0.2, 0) is 6.61 Å². The summed E-state index contributed by atoms with van der Waals surface area (Å²) < 4.78 is 23.6. The number of carboxylic acid groups (broad SMARTS) is 1. The summed E-state index contributed by atoms with van der Waals surface area (Å²) in [4.78, 5) is 10.6. The fourth-order valence-electron chi connectivity index (χ4n) is 1.29. The number of nitrogens with zero attached hydrogens (tertiary/aromatic N) is 2. The van der Waals surface area contributed by atoms with Crippen molar-refractivity contribution in [3.8, 4) is 5.75 Å². The van der Waals surface area contributed by atoms with Crippen LogP contribution in [-0.4, -0.2) is 21.3 Å². The summed E-state index contributed by atoms with van der Waals surface area (Å²) >= 11 is 0. The largest absolute Gasteiger partial charge is 0.481 e. The van der Waals surface area contributed by atoms with Crippen molar-refractivity contribution in [3.63, 3.8) is 0 Å². The first-order valence-electron chi connectivity index (χ1n) is 5.01. The summed E-state index contributed by atoms with van der Waals surface area (Å²) in [6, 6.07) is 3.37. The van der Waals surface area contributed by atoms with Crippen LogP contribution in [0.2, 0.25) is 0 Å². The third kappa shape index (κ3) is 2.62. The van der Waals surface area contributed by atoms with Gasteiger partial charge >= 0.3 is 5.97 Å². The van der Waals surface area contributed by atoms with E-state index < -0.39 is 11.8 Å². The number of carboxylic acids is 1. The number of carbonyl (C=O) groups is 1. The molecule has 0 aliphatic rings. The number of halogens is 1. The van der Waals surface area contributed by atoms with Crippen LogP contribution in [0.15, 0.2) is 22.6 Å². The van der Waals surface area contributed by atoms with Crippen molar-refractivity contribution in [2.75, 3.05) is 0 Å². The van der Waals surface area contributed by atoms with Gasteiger partial charge in [0.05, 0.1) is 5.56 Å². The molecular formula is C11H9FN2O4. The molecule has 1 heterocycles. The van der Waals surface area contributed by atoms with E-state index in [2.05, 4.69) is 10.2 Å². The molecule has 0 saturated carbocycles. The van der Waals surface area contributed by atoms with Gasteiger partial charge < -0.3 is 14.3 Å². The molecule has 6 nitrogen and oxygen atoms in total. The molecule has 0 spiro atoms. The van der Waals surface area contributed by atoms with Gasteiger partial charge in [-0.05, 0) is 18.2 Å². The van der Waals surface area contributed by atoms with E-state index in [1.165, 1.54) is 12.1 Å². The molecule has 0 radical (unpaired) electrons. The van der Waals surface area contributed by atoms with E-state index >= 15 is 0 Å². The van der Waals surface area contributed by atoms with E-state index in [0.29, 0.717) is 5.89 Å².